The molecule has 0 radical (unpaired) electrons. The van der Waals surface area contributed by atoms with Crippen LogP contribution in [0.4, 0.5) is 0 Å². The molecule has 0 aliphatic heterocycles. The molecule has 0 spiro atoms. The molecule has 0 atom stereocenters. The maximum Gasteiger partial charge on any atom is 0.376 e. The fraction of sp³-hybridized carbons (Fsp3) is 0.364. The van der Waals surface area contributed by atoms with Crippen LogP contribution in [0.1, 0.15) is 28.2 Å². The summed E-state index contributed by atoms with van der Waals surface area (Å²) in [7, 11) is 0. The fourth-order valence-electron chi connectivity index (χ4n) is 1.35. The first-order valence-corrected chi connectivity index (χ1v) is 6.00. The van der Waals surface area contributed by atoms with Gasteiger partial charge in [0.15, 0.2) is 0 Å². The maximum absolute atomic E-state index is 11.5. The largest absolute Gasteiger partial charge is 0.460 e. The van der Waals surface area contributed by atoms with Crippen LogP contribution in [0.2, 0.25) is 0 Å². The topological polar surface area (TPSA) is 65.2 Å². The van der Waals surface area contributed by atoms with E-state index in [1.807, 2.05) is 6.92 Å². The van der Waals surface area contributed by atoms with Crippen molar-refractivity contribution < 1.29 is 13.9 Å². The van der Waals surface area contributed by atoms with Crippen LogP contribution in [0.3, 0.4) is 0 Å². The number of thiazole rings is 1. The summed E-state index contributed by atoms with van der Waals surface area (Å²) in [6.07, 6.45) is 1.68. The Morgan fingerprint density at radius 2 is 2.29 bits per heavy atom. The minimum atomic E-state index is -0.481. The van der Waals surface area contributed by atoms with Gasteiger partial charge in [0.2, 0.25) is 11.7 Å². The molecule has 0 fully saturated rings. The van der Waals surface area contributed by atoms with Gasteiger partial charge in [-0.1, -0.05) is 0 Å². The van der Waals surface area contributed by atoms with E-state index in [9.17, 15) is 4.79 Å². The molecule has 0 aromatic carbocycles. The quantitative estimate of drug-likeness (QED) is 0.785. The Morgan fingerprint density at radius 3 is 2.88 bits per heavy atom. The molecule has 0 saturated carbocycles. The number of aryl methyl sites for hydroxylation is 2. The zero-order valence-electron chi connectivity index (χ0n) is 9.81. The number of nitrogens with zero attached hydrogens (tertiary/aromatic N) is 2. The summed E-state index contributed by atoms with van der Waals surface area (Å²) in [6.45, 7) is 5.68. The molecule has 0 bridgehead atoms. The van der Waals surface area contributed by atoms with Crippen molar-refractivity contribution in [3.8, 4) is 10.8 Å². The van der Waals surface area contributed by atoms with Crippen LogP contribution < -0.4 is 0 Å². The second-order valence-corrected chi connectivity index (χ2v) is 4.63. The number of hydrogen-bond donors (Lipinski definition) is 0. The van der Waals surface area contributed by atoms with Gasteiger partial charge in [-0.25, -0.2) is 14.8 Å². The highest BCUT2D eigenvalue weighted by Gasteiger charge is 2.20. The van der Waals surface area contributed by atoms with Crippen molar-refractivity contribution in [1.82, 2.24) is 9.97 Å². The zero-order chi connectivity index (χ0) is 12.4. The molecule has 6 heteroatoms. The van der Waals surface area contributed by atoms with Crippen molar-refractivity contribution >= 4 is 17.3 Å². The van der Waals surface area contributed by atoms with E-state index >= 15 is 0 Å². The van der Waals surface area contributed by atoms with E-state index in [0.717, 1.165) is 9.88 Å². The van der Waals surface area contributed by atoms with Crippen LogP contribution in [0.25, 0.3) is 10.8 Å². The Bertz CT molecular complexity index is 545. The van der Waals surface area contributed by atoms with Gasteiger partial charge in [0.25, 0.3) is 0 Å². The summed E-state index contributed by atoms with van der Waals surface area (Å²) in [6, 6.07) is 0. The molecular weight excluding hydrogens is 240 g/mol. The highest BCUT2D eigenvalue weighted by Crippen LogP contribution is 2.27. The van der Waals surface area contributed by atoms with E-state index in [-0.39, 0.29) is 5.76 Å². The van der Waals surface area contributed by atoms with Crippen molar-refractivity contribution in [2.24, 2.45) is 0 Å². The number of carbonyl (C=O) groups is 1. The van der Waals surface area contributed by atoms with E-state index in [4.69, 9.17) is 9.15 Å². The number of aromatic nitrogens is 2. The molecule has 0 unspecified atom stereocenters. The number of carbonyl (C=O) groups excluding carboxylic acids is 1. The number of esters is 1. The number of ether oxygens (including phenoxy) is 1. The molecule has 2 aromatic rings. The molecule has 0 aliphatic rings. The van der Waals surface area contributed by atoms with Gasteiger partial charge < -0.3 is 9.15 Å². The summed E-state index contributed by atoms with van der Waals surface area (Å²) >= 11 is 1.47. The third kappa shape index (κ3) is 2.36. The van der Waals surface area contributed by atoms with Gasteiger partial charge in [0.1, 0.15) is 4.88 Å². The van der Waals surface area contributed by atoms with Crippen LogP contribution in [0, 0.1) is 13.8 Å². The monoisotopic (exact) mass is 252 g/mol. The second-order valence-electron chi connectivity index (χ2n) is 3.40. The normalized spacial score (nSPS) is 10.5. The number of hydrogen-bond acceptors (Lipinski definition) is 6. The van der Waals surface area contributed by atoms with Crippen LogP contribution >= 0.6 is 11.3 Å². The van der Waals surface area contributed by atoms with Crippen LogP contribution in [-0.4, -0.2) is 22.5 Å². The van der Waals surface area contributed by atoms with Crippen LogP contribution in [0.15, 0.2) is 10.6 Å². The van der Waals surface area contributed by atoms with Gasteiger partial charge in [0.05, 0.1) is 23.5 Å². The molecule has 17 heavy (non-hydrogen) atoms. The maximum atomic E-state index is 11.5. The van der Waals surface area contributed by atoms with Crippen molar-refractivity contribution in [3.05, 3.63) is 22.7 Å². The van der Waals surface area contributed by atoms with E-state index in [1.165, 1.54) is 11.3 Å². The van der Waals surface area contributed by atoms with E-state index < -0.39 is 5.97 Å². The minimum absolute atomic E-state index is 0.160. The first-order valence-electron chi connectivity index (χ1n) is 5.19. The predicted octanol–water partition coefficient (Wildman–Crippen LogP) is 2.59. The average Bonchev–Trinajstić information content (AvgIpc) is 2.85. The standard InChI is InChI=1S/C11H12N2O3S/c1-4-15-11(14)9-6(2)13-10(16-9)8-5-12-7(3)17-8/h5H,4H2,1-3H3. The van der Waals surface area contributed by atoms with Gasteiger partial charge in [-0.2, -0.15) is 0 Å². The first kappa shape index (κ1) is 11.8. The molecule has 2 aromatic heterocycles. The SMILES string of the molecule is CCOC(=O)c1oc(-c2cnc(C)s2)nc1C. The molecule has 0 saturated heterocycles. The summed E-state index contributed by atoms with van der Waals surface area (Å²) in [4.78, 5) is 20.7. The van der Waals surface area contributed by atoms with Crippen molar-refractivity contribution in [1.29, 1.82) is 0 Å². The van der Waals surface area contributed by atoms with Crippen molar-refractivity contribution in [2.45, 2.75) is 20.8 Å². The van der Waals surface area contributed by atoms with E-state index in [0.29, 0.717) is 18.2 Å². The van der Waals surface area contributed by atoms with Gasteiger partial charge in [-0.3, -0.25) is 0 Å². The third-order valence-electron chi connectivity index (χ3n) is 2.09. The summed E-state index contributed by atoms with van der Waals surface area (Å²) in [5.74, 6) is 0.0917. The fourth-order valence-corrected chi connectivity index (χ4v) is 2.05. The van der Waals surface area contributed by atoms with Gasteiger partial charge in [-0.05, 0) is 20.8 Å². The van der Waals surface area contributed by atoms with E-state index in [2.05, 4.69) is 9.97 Å². The lowest BCUT2D eigenvalue weighted by Crippen LogP contribution is -2.04. The Labute approximate surface area is 102 Å². The van der Waals surface area contributed by atoms with E-state index in [1.54, 1.807) is 20.0 Å². The zero-order valence-corrected chi connectivity index (χ0v) is 10.6. The highest BCUT2D eigenvalue weighted by atomic mass is 32.1. The number of oxazole rings is 1. The van der Waals surface area contributed by atoms with Gasteiger partial charge in [-0.15, -0.1) is 11.3 Å². The summed E-state index contributed by atoms with van der Waals surface area (Å²) < 4.78 is 10.3. The second kappa shape index (κ2) is 4.67. The van der Waals surface area contributed by atoms with Gasteiger partial charge in [0, 0.05) is 0 Å². The molecule has 0 N–H and O–H groups in total. The summed E-state index contributed by atoms with van der Waals surface area (Å²) in [5, 5.41) is 0.925. The lowest BCUT2D eigenvalue weighted by atomic mass is 10.4. The highest BCUT2D eigenvalue weighted by molar-refractivity contribution is 7.14. The predicted molar refractivity (Wildman–Crippen MR) is 63.0 cm³/mol. The number of rotatable bonds is 3. The average molecular weight is 252 g/mol. The first-order chi connectivity index (χ1) is 8.11. The Kier molecular flexibility index (Phi) is 3.23. The molecule has 0 amide bonds. The molecule has 5 nitrogen and oxygen atoms in total. The lowest BCUT2D eigenvalue weighted by molar-refractivity contribution is 0.0490. The van der Waals surface area contributed by atoms with Crippen LogP contribution in [-0.2, 0) is 4.74 Å². The van der Waals surface area contributed by atoms with Gasteiger partial charge >= 0.3 is 5.97 Å². The Morgan fingerprint density at radius 1 is 1.53 bits per heavy atom. The lowest BCUT2D eigenvalue weighted by Gasteiger charge is -1.96. The smallest absolute Gasteiger partial charge is 0.376 e. The van der Waals surface area contributed by atoms with Crippen molar-refractivity contribution in [2.75, 3.05) is 6.61 Å². The van der Waals surface area contributed by atoms with Crippen molar-refractivity contribution in [3.63, 3.8) is 0 Å². The summed E-state index contributed by atoms with van der Waals surface area (Å²) in [5.41, 5.74) is 0.532. The molecule has 2 rings (SSSR count). The molecule has 0 aliphatic carbocycles. The Balaban J connectivity index is 2.33. The molecule has 90 valence electrons. The third-order valence-corrected chi connectivity index (χ3v) is 2.99. The Hall–Kier alpha value is -1.69. The minimum Gasteiger partial charge on any atom is -0.460 e. The molecular formula is C11H12N2O3S. The molecule has 2 heterocycles. The van der Waals surface area contributed by atoms with Crippen LogP contribution in [0.5, 0.6) is 0 Å².